The van der Waals surface area contributed by atoms with Crippen molar-refractivity contribution in [3.63, 3.8) is 0 Å². The Morgan fingerprint density at radius 3 is 2.67 bits per heavy atom. The molecule has 1 aromatic carbocycles. The molecule has 0 aliphatic heterocycles. The van der Waals surface area contributed by atoms with E-state index in [0.717, 1.165) is 40.8 Å². The number of halogens is 2. The van der Waals surface area contributed by atoms with Gasteiger partial charge in [0.1, 0.15) is 5.75 Å². The van der Waals surface area contributed by atoms with Crippen molar-refractivity contribution in [2.24, 2.45) is 11.8 Å². The Bertz CT molecular complexity index is 407. The van der Waals surface area contributed by atoms with Crippen molar-refractivity contribution in [3.05, 3.63) is 28.8 Å². The van der Waals surface area contributed by atoms with Crippen molar-refractivity contribution in [2.45, 2.75) is 44.5 Å². The molecule has 3 unspecified atom stereocenters. The molecule has 18 heavy (non-hydrogen) atoms. The smallest absolute Gasteiger partial charge is 0.138 e. The van der Waals surface area contributed by atoms with Gasteiger partial charge in [0.15, 0.2) is 0 Å². The van der Waals surface area contributed by atoms with Crippen LogP contribution in [0, 0.1) is 11.8 Å². The maximum atomic E-state index is 6.25. The van der Waals surface area contributed by atoms with Crippen LogP contribution in [0.15, 0.2) is 18.2 Å². The van der Waals surface area contributed by atoms with Gasteiger partial charge >= 0.3 is 0 Å². The van der Waals surface area contributed by atoms with Crippen molar-refractivity contribution in [1.29, 1.82) is 0 Å². The quantitative estimate of drug-likeness (QED) is 0.670. The molecule has 1 nitrogen and oxygen atoms in total. The molecule has 0 N–H and O–H groups in total. The SMILES string of the molecule is CC1CCC(Oc2ccc(CBr)cc2Cl)CC1C. The second-order valence-corrected chi connectivity index (χ2v) is 6.37. The molecular formula is C15H20BrClO. The van der Waals surface area contributed by atoms with Gasteiger partial charge in [-0.1, -0.05) is 47.4 Å². The average Bonchev–Trinajstić information content (AvgIpc) is 2.36. The Morgan fingerprint density at radius 1 is 1.28 bits per heavy atom. The molecule has 2 rings (SSSR count). The fraction of sp³-hybridized carbons (Fsp3) is 0.600. The van der Waals surface area contributed by atoms with Gasteiger partial charge in [-0.25, -0.2) is 0 Å². The van der Waals surface area contributed by atoms with Crippen molar-refractivity contribution in [1.82, 2.24) is 0 Å². The lowest BCUT2D eigenvalue weighted by Gasteiger charge is -2.32. The topological polar surface area (TPSA) is 9.23 Å². The first-order valence-electron chi connectivity index (χ1n) is 6.61. The zero-order valence-corrected chi connectivity index (χ0v) is 13.3. The molecule has 1 fully saturated rings. The number of ether oxygens (including phenoxy) is 1. The number of hydrogen-bond acceptors (Lipinski definition) is 1. The van der Waals surface area contributed by atoms with Gasteiger partial charge in [0.2, 0.25) is 0 Å². The summed E-state index contributed by atoms with van der Waals surface area (Å²) in [7, 11) is 0. The van der Waals surface area contributed by atoms with Gasteiger partial charge in [-0.15, -0.1) is 0 Å². The van der Waals surface area contributed by atoms with Crippen LogP contribution in [0.1, 0.15) is 38.7 Å². The van der Waals surface area contributed by atoms with E-state index in [4.69, 9.17) is 16.3 Å². The van der Waals surface area contributed by atoms with Crippen LogP contribution in [0.5, 0.6) is 5.75 Å². The Morgan fingerprint density at radius 2 is 2.06 bits per heavy atom. The van der Waals surface area contributed by atoms with E-state index in [2.05, 4.69) is 35.8 Å². The molecule has 1 saturated carbocycles. The molecule has 0 saturated heterocycles. The van der Waals surface area contributed by atoms with Crippen LogP contribution in [0.4, 0.5) is 0 Å². The van der Waals surface area contributed by atoms with Crippen molar-refractivity contribution < 1.29 is 4.74 Å². The van der Waals surface area contributed by atoms with Crippen LogP contribution in [-0.2, 0) is 5.33 Å². The Kier molecular flexibility index (Phi) is 4.97. The third kappa shape index (κ3) is 3.42. The second-order valence-electron chi connectivity index (χ2n) is 5.41. The summed E-state index contributed by atoms with van der Waals surface area (Å²) in [5.74, 6) is 2.38. The lowest BCUT2D eigenvalue weighted by atomic mass is 9.80. The Hall–Kier alpha value is -0.210. The highest BCUT2D eigenvalue weighted by molar-refractivity contribution is 9.08. The Balaban J connectivity index is 2.01. The first-order valence-corrected chi connectivity index (χ1v) is 8.11. The molecule has 0 amide bonds. The van der Waals surface area contributed by atoms with E-state index >= 15 is 0 Å². The van der Waals surface area contributed by atoms with Gasteiger partial charge in [0.25, 0.3) is 0 Å². The minimum Gasteiger partial charge on any atom is -0.489 e. The predicted octanol–water partition coefficient (Wildman–Crippen LogP) is 5.44. The molecule has 1 aliphatic rings. The van der Waals surface area contributed by atoms with Crippen molar-refractivity contribution in [2.75, 3.05) is 0 Å². The molecule has 3 heteroatoms. The molecule has 1 aromatic rings. The zero-order chi connectivity index (χ0) is 13.1. The van der Waals surface area contributed by atoms with E-state index in [1.165, 1.54) is 12.0 Å². The number of hydrogen-bond donors (Lipinski definition) is 0. The fourth-order valence-corrected chi connectivity index (χ4v) is 3.10. The van der Waals surface area contributed by atoms with Crippen LogP contribution in [0.25, 0.3) is 0 Å². The van der Waals surface area contributed by atoms with Crippen LogP contribution < -0.4 is 4.74 Å². The van der Waals surface area contributed by atoms with Crippen molar-refractivity contribution in [3.8, 4) is 5.75 Å². The average molecular weight is 332 g/mol. The third-order valence-corrected chi connectivity index (χ3v) is 4.94. The molecule has 0 spiro atoms. The van der Waals surface area contributed by atoms with Crippen molar-refractivity contribution >= 4 is 27.5 Å². The lowest BCUT2D eigenvalue weighted by molar-refractivity contribution is 0.101. The van der Waals surface area contributed by atoms with Crippen LogP contribution in [0.3, 0.4) is 0 Å². The summed E-state index contributed by atoms with van der Waals surface area (Å²) in [5.41, 5.74) is 1.18. The van der Waals surface area contributed by atoms with E-state index < -0.39 is 0 Å². The minimum atomic E-state index is 0.323. The molecule has 0 radical (unpaired) electrons. The van der Waals surface area contributed by atoms with Crippen LogP contribution in [0.2, 0.25) is 5.02 Å². The molecule has 100 valence electrons. The summed E-state index contributed by atoms with van der Waals surface area (Å²) >= 11 is 9.68. The Labute approximate surface area is 123 Å². The van der Waals surface area contributed by atoms with E-state index in [0.29, 0.717) is 6.10 Å². The zero-order valence-electron chi connectivity index (χ0n) is 11.0. The minimum absolute atomic E-state index is 0.323. The van der Waals surface area contributed by atoms with Gasteiger partial charge in [-0.3, -0.25) is 0 Å². The molecule has 0 heterocycles. The highest BCUT2D eigenvalue weighted by atomic mass is 79.9. The highest BCUT2D eigenvalue weighted by Crippen LogP contribution is 2.34. The van der Waals surface area contributed by atoms with Gasteiger partial charge in [0, 0.05) is 5.33 Å². The summed E-state index contributed by atoms with van der Waals surface area (Å²) in [6.07, 6.45) is 3.85. The largest absolute Gasteiger partial charge is 0.489 e. The van der Waals surface area contributed by atoms with E-state index in [-0.39, 0.29) is 0 Å². The predicted molar refractivity (Wildman–Crippen MR) is 80.7 cm³/mol. The molecule has 1 aliphatic carbocycles. The maximum absolute atomic E-state index is 6.25. The van der Waals surface area contributed by atoms with Crippen LogP contribution in [-0.4, -0.2) is 6.10 Å². The van der Waals surface area contributed by atoms with E-state index in [9.17, 15) is 0 Å². The van der Waals surface area contributed by atoms with Gasteiger partial charge in [0.05, 0.1) is 11.1 Å². The lowest BCUT2D eigenvalue weighted by Crippen LogP contribution is -2.28. The van der Waals surface area contributed by atoms with E-state index in [1.807, 2.05) is 12.1 Å². The maximum Gasteiger partial charge on any atom is 0.138 e. The summed E-state index contributed by atoms with van der Waals surface area (Å²) in [6, 6.07) is 6.02. The summed E-state index contributed by atoms with van der Waals surface area (Å²) in [6.45, 7) is 4.65. The van der Waals surface area contributed by atoms with Gasteiger partial charge in [-0.2, -0.15) is 0 Å². The summed E-state index contributed by atoms with van der Waals surface area (Å²) < 4.78 is 6.06. The van der Waals surface area contributed by atoms with Gasteiger partial charge in [-0.05, 0) is 48.8 Å². The summed E-state index contributed by atoms with van der Waals surface area (Å²) in [4.78, 5) is 0. The molecular weight excluding hydrogens is 312 g/mol. The number of benzene rings is 1. The third-order valence-electron chi connectivity index (χ3n) is 3.99. The second kappa shape index (κ2) is 6.29. The van der Waals surface area contributed by atoms with Gasteiger partial charge < -0.3 is 4.74 Å². The monoisotopic (exact) mass is 330 g/mol. The van der Waals surface area contributed by atoms with E-state index in [1.54, 1.807) is 0 Å². The number of alkyl halides is 1. The highest BCUT2D eigenvalue weighted by Gasteiger charge is 2.26. The fourth-order valence-electron chi connectivity index (χ4n) is 2.51. The van der Waals surface area contributed by atoms with Crippen LogP contribution >= 0.6 is 27.5 Å². The summed E-state index contributed by atoms with van der Waals surface area (Å²) in [5, 5.41) is 1.54. The first kappa shape index (κ1) is 14.2. The first-order chi connectivity index (χ1) is 8.60. The molecule has 0 aromatic heterocycles. The number of rotatable bonds is 3. The molecule has 3 atom stereocenters. The molecule has 0 bridgehead atoms. The standard InChI is InChI=1S/C15H20BrClO/c1-10-3-5-13(7-11(10)2)18-15-6-4-12(9-16)8-14(15)17/h4,6,8,10-11,13H,3,5,7,9H2,1-2H3. The normalized spacial score (nSPS) is 28.1.